The van der Waals surface area contributed by atoms with Crippen LogP contribution in [0.1, 0.15) is 18.5 Å². The molecular weight excluding hydrogens is 222 g/mol. The van der Waals surface area contributed by atoms with Crippen LogP contribution in [0.25, 0.3) is 5.57 Å². The van der Waals surface area contributed by atoms with E-state index >= 15 is 0 Å². The van der Waals surface area contributed by atoms with Crippen LogP contribution in [-0.2, 0) is 0 Å². The van der Waals surface area contributed by atoms with Crippen molar-refractivity contribution in [2.24, 2.45) is 5.92 Å². The van der Waals surface area contributed by atoms with Crippen molar-refractivity contribution in [2.75, 3.05) is 0 Å². The highest BCUT2D eigenvalue weighted by Gasteiger charge is 2.41. The number of alkyl halides is 3. The lowest BCUT2D eigenvalue weighted by Crippen LogP contribution is -2.20. The number of hydrogen-bond acceptors (Lipinski definition) is 1. The van der Waals surface area contributed by atoms with Crippen LogP contribution in [0.15, 0.2) is 24.4 Å². The van der Waals surface area contributed by atoms with E-state index in [1.807, 2.05) is 0 Å². The van der Waals surface area contributed by atoms with Crippen LogP contribution in [0.2, 0.25) is 0 Å². The van der Waals surface area contributed by atoms with E-state index in [4.69, 9.17) is 0 Å². The minimum absolute atomic E-state index is 0.0160. The Balaban J connectivity index is 2.12. The fraction of sp³-hybridized carbons (Fsp3) is 0.364. The number of hydrogen-bond donors (Lipinski definition) is 0. The molecule has 5 heteroatoms. The molecule has 1 aromatic rings. The molecule has 86 valence electrons. The monoisotopic (exact) mass is 231 g/mol. The lowest BCUT2D eigenvalue weighted by molar-refractivity contribution is -0.170. The summed E-state index contributed by atoms with van der Waals surface area (Å²) in [5.74, 6) is -1.82. The fourth-order valence-corrected chi connectivity index (χ4v) is 1.74. The summed E-state index contributed by atoms with van der Waals surface area (Å²) in [5.41, 5.74) is 0.968. The smallest absolute Gasteiger partial charge is 0.254 e. The quantitative estimate of drug-likeness (QED) is 0.673. The topological polar surface area (TPSA) is 12.9 Å². The van der Waals surface area contributed by atoms with Crippen molar-refractivity contribution < 1.29 is 17.6 Å². The number of aromatic nitrogens is 1. The van der Waals surface area contributed by atoms with Crippen molar-refractivity contribution in [3.05, 3.63) is 35.9 Å². The molecule has 0 bridgehead atoms. The molecule has 0 spiro atoms. The van der Waals surface area contributed by atoms with Gasteiger partial charge >= 0.3 is 6.18 Å². The molecule has 0 fully saturated rings. The molecule has 1 unspecified atom stereocenters. The third-order valence-electron chi connectivity index (χ3n) is 2.63. The molecule has 1 aliphatic carbocycles. The summed E-state index contributed by atoms with van der Waals surface area (Å²) < 4.78 is 49.8. The average Bonchev–Trinajstić information content (AvgIpc) is 2.67. The maximum absolute atomic E-state index is 12.6. The predicted octanol–water partition coefficient (Wildman–Crippen LogP) is 3.58. The third kappa shape index (κ3) is 2.23. The van der Waals surface area contributed by atoms with Gasteiger partial charge in [-0.25, -0.2) is 4.39 Å². The van der Waals surface area contributed by atoms with Crippen molar-refractivity contribution in [2.45, 2.75) is 19.0 Å². The molecule has 0 radical (unpaired) electrons. The molecule has 1 aliphatic rings. The maximum Gasteiger partial charge on any atom is 0.392 e. The Morgan fingerprint density at radius 1 is 1.25 bits per heavy atom. The average molecular weight is 231 g/mol. The van der Waals surface area contributed by atoms with Gasteiger partial charge < -0.3 is 0 Å². The highest BCUT2D eigenvalue weighted by molar-refractivity contribution is 5.64. The zero-order valence-corrected chi connectivity index (χ0v) is 8.26. The molecule has 1 aromatic heterocycles. The van der Waals surface area contributed by atoms with Crippen molar-refractivity contribution in [3.63, 3.8) is 0 Å². The van der Waals surface area contributed by atoms with Gasteiger partial charge in [0.05, 0.1) is 17.8 Å². The first-order chi connectivity index (χ1) is 7.47. The van der Waals surface area contributed by atoms with Crippen LogP contribution in [0, 0.1) is 11.7 Å². The minimum atomic E-state index is -4.17. The second kappa shape index (κ2) is 3.88. The zero-order valence-electron chi connectivity index (χ0n) is 8.26. The molecular formula is C11H9F4N. The summed E-state index contributed by atoms with van der Waals surface area (Å²) >= 11 is 0. The number of pyridine rings is 1. The summed E-state index contributed by atoms with van der Waals surface area (Å²) in [6, 6.07) is 2.60. The lowest BCUT2D eigenvalue weighted by Gasteiger charge is -2.14. The number of nitrogens with zero attached hydrogens (tertiary/aromatic N) is 1. The number of halogens is 4. The van der Waals surface area contributed by atoms with E-state index in [1.165, 1.54) is 18.2 Å². The van der Waals surface area contributed by atoms with Gasteiger partial charge in [0.25, 0.3) is 0 Å². The van der Waals surface area contributed by atoms with E-state index in [0.29, 0.717) is 11.3 Å². The Bertz CT molecular complexity index is 405. The van der Waals surface area contributed by atoms with E-state index < -0.39 is 17.9 Å². The van der Waals surface area contributed by atoms with E-state index in [0.717, 1.165) is 6.20 Å². The molecule has 1 heterocycles. The predicted molar refractivity (Wildman–Crippen MR) is 51.0 cm³/mol. The van der Waals surface area contributed by atoms with Crippen LogP contribution < -0.4 is 0 Å². The molecule has 0 N–H and O–H groups in total. The Hall–Kier alpha value is -1.39. The molecule has 16 heavy (non-hydrogen) atoms. The third-order valence-corrected chi connectivity index (χ3v) is 2.63. The van der Waals surface area contributed by atoms with Crippen molar-refractivity contribution >= 4 is 5.57 Å². The van der Waals surface area contributed by atoms with Gasteiger partial charge in [-0.15, -0.1) is 0 Å². The van der Waals surface area contributed by atoms with Gasteiger partial charge in [0, 0.05) is 0 Å². The van der Waals surface area contributed by atoms with Crippen molar-refractivity contribution in [1.82, 2.24) is 4.98 Å². The first-order valence-electron chi connectivity index (χ1n) is 4.84. The van der Waals surface area contributed by atoms with Gasteiger partial charge in [0.2, 0.25) is 0 Å². The van der Waals surface area contributed by atoms with Gasteiger partial charge in [-0.3, -0.25) is 4.98 Å². The van der Waals surface area contributed by atoms with Crippen LogP contribution in [0.5, 0.6) is 0 Å². The van der Waals surface area contributed by atoms with Gasteiger partial charge in [0.15, 0.2) is 0 Å². The molecule has 2 rings (SSSR count). The molecule has 0 aliphatic heterocycles. The molecule has 0 saturated carbocycles. The van der Waals surface area contributed by atoms with Crippen molar-refractivity contribution in [3.8, 4) is 0 Å². The second-order valence-corrected chi connectivity index (χ2v) is 3.77. The summed E-state index contributed by atoms with van der Waals surface area (Å²) in [6.07, 6.45) is -1.71. The standard InChI is InChI=1S/C11H9F4N/c12-9-3-4-10(16-6-9)7-1-2-8(5-7)11(13,14)15/h1,3-4,6,8H,2,5H2. The number of rotatable bonds is 1. The first kappa shape index (κ1) is 11.1. The van der Waals surface area contributed by atoms with Gasteiger partial charge in [-0.1, -0.05) is 6.08 Å². The molecule has 0 amide bonds. The van der Waals surface area contributed by atoms with Gasteiger partial charge in [0.1, 0.15) is 5.82 Å². The molecule has 1 atom stereocenters. The Morgan fingerprint density at radius 2 is 2.00 bits per heavy atom. The SMILES string of the molecule is Fc1ccc(C2=CCC(C(F)(F)F)C2)nc1. The Kier molecular flexibility index (Phi) is 2.69. The second-order valence-electron chi connectivity index (χ2n) is 3.77. The maximum atomic E-state index is 12.6. The largest absolute Gasteiger partial charge is 0.392 e. The number of allylic oxidation sites excluding steroid dienone is 2. The zero-order chi connectivity index (χ0) is 11.8. The Labute approximate surface area is 89.8 Å². The van der Waals surface area contributed by atoms with E-state index in [2.05, 4.69) is 4.98 Å². The van der Waals surface area contributed by atoms with E-state index in [1.54, 1.807) is 0 Å². The molecule has 0 aromatic carbocycles. The summed E-state index contributed by atoms with van der Waals surface area (Å²) in [6.45, 7) is 0. The van der Waals surface area contributed by atoms with Gasteiger partial charge in [-0.05, 0) is 30.5 Å². The first-order valence-corrected chi connectivity index (χ1v) is 4.84. The lowest BCUT2D eigenvalue weighted by atomic mass is 10.0. The van der Waals surface area contributed by atoms with Crippen molar-refractivity contribution in [1.29, 1.82) is 0 Å². The summed E-state index contributed by atoms with van der Waals surface area (Å²) in [4.78, 5) is 3.77. The molecule has 0 saturated heterocycles. The van der Waals surface area contributed by atoms with E-state index in [9.17, 15) is 17.6 Å². The highest BCUT2D eigenvalue weighted by Crippen LogP contribution is 2.41. The fourth-order valence-electron chi connectivity index (χ4n) is 1.74. The van der Waals surface area contributed by atoms with Crippen LogP contribution in [0.3, 0.4) is 0 Å². The van der Waals surface area contributed by atoms with Crippen LogP contribution in [-0.4, -0.2) is 11.2 Å². The van der Waals surface area contributed by atoms with Gasteiger partial charge in [-0.2, -0.15) is 13.2 Å². The minimum Gasteiger partial charge on any atom is -0.254 e. The normalized spacial score (nSPS) is 21.0. The summed E-state index contributed by atoms with van der Waals surface area (Å²) in [7, 11) is 0. The summed E-state index contributed by atoms with van der Waals surface area (Å²) in [5, 5.41) is 0. The van der Waals surface area contributed by atoms with Crippen LogP contribution in [0.4, 0.5) is 17.6 Å². The Morgan fingerprint density at radius 3 is 2.50 bits per heavy atom. The van der Waals surface area contributed by atoms with E-state index in [-0.39, 0.29) is 12.8 Å². The molecule has 1 nitrogen and oxygen atoms in total. The van der Waals surface area contributed by atoms with Crippen LogP contribution >= 0.6 is 0 Å². The highest BCUT2D eigenvalue weighted by atomic mass is 19.4.